The van der Waals surface area contributed by atoms with Crippen molar-refractivity contribution in [2.75, 3.05) is 13.7 Å². The van der Waals surface area contributed by atoms with E-state index in [1.165, 1.54) is 14.0 Å². The molecule has 0 radical (unpaired) electrons. The molecule has 104 valence electrons. The molecule has 0 aliphatic heterocycles. The lowest BCUT2D eigenvalue weighted by Crippen LogP contribution is -2.04. The van der Waals surface area contributed by atoms with Crippen LogP contribution < -0.4 is 9.47 Å². The second-order valence-corrected chi connectivity index (χ2v) is 3.50. The molecule has 0 saturated carbocycles. The molecule has 0 unspecified atom stereocenters. The molecule has 19 heavy (non-hydrogen) atoms. The number of allylic oxidation sites excluding steroid dienone is 1. The number of esters is 1. The maximum Gasteiger partial charge on any atom is 0.334 e. The third-order valence-electron chi connectivity index (χ3n) is 2.10. The van der Waals surface area contributed by atoms with E-state index in [-0.39, 0.29) is 18.1 Å². The summed E-state index contributed by atoms with van der Waals surface area (Å²) in [4.78, 5) is 11.1. The van der Waals surface area contributed by atoms with Crippen LogP contribution in [0.5, 0.6) is 11.5 Å². The Kier molecular flexibility index (Phi) is 5.29. The number of hydrogen-bond donors (Lipinski definition) is 0. The second-order valence-electron chi connectivity index (χ2n) is 3.50. The van der Waals surface area contributed by atoms with Crippen molar-refractivity contribution < 1.29 is 27.8 Å². The van der Waals surface area contributed by atoms with Gasteiger partial charge in [-0.3, -0.25) is 0 Å². The summed E-state index contributed by atoms with van der Waals surface area (Å²) in [7, 11) is 1.25. The van der Waals surface area contributed by atoms with Gasteiger partial charge in [0.25, 0.3) is 0 Å². The Balaban J connectivity index is 2.96. The zero-order valence-electron chi connectivity index (χ0n) is 10.8. The van der Waals surface area contributed by atoms with E-state index in [2.05, 4.69) is 4.74 Å². The Morgan fingerprint density at radius 3 is 2.63 bits per heavy atom. The zero-order chi connectivity index (χ0) is 14.4. The van der Waals surface area contributed by atoms with Crippen LogP contribution in [0.15, 0.2) is 24.0 Å². The van der Waals surface area contributed by atoms with Gasteiger partial charge >= 0.3 is 5.97 Å². The monoisotopic (exact) mass is 272 g/mol. The van der Waals surface area contributed by atoms with Gasteiger partial charge in [-0.2, -0.15) is 4.39 Å². The van der Waals surface area contributed by atoms with Crippen LogP contribution in [0.1, 0.15) is 13.8 Å². The molecule has 0 amide bonds. The van der Waals surface area contributed by atoms with E-state index in [1.54, 1.807) is 6.92 Å². The van der Waals surface area contributed by atoms with Crippen LogP contribution in [-0.2, 0) is 9.53 Å². The van der Waals surface area contributed by atoms with Crippen LogP contribution >= 0.6 is 0 Å². The van der Waals surface area contributed by atoms with Gasteiger partial charge in [-0.05, 0) is 26.0 Å². The van der Waals surface area contributed by atoms with Gasteiger partial charge in [0.1, 0.15) is 5.76 Å². The quantitative estimate of drug-likeness (QED) is 0.469. The highest BCUT2D eigenvalue weighted by Gasteiger charge is 2.16. The van der Waals surface area contributed by atoms with Crippen LogP contribution in [0, 0.1) is 11.6 Å². The summed E-state index contributed by atoms with van der Waals surface area (Å²) in [6, 6.07) is 2.15. The highest BCUT2D eigenvalue weighted by molar-refractivity contribution is 5.82. The Morgan fingerprint density at radius 2 is 2.05 bits per heavy atom. The lowest BCUT2D eigenvalue weighted by molar-refractivity contribution is -0.137. The average molecular weight is 272 g/mol. The molecule has 4 nitrogen and oxygen atoms in total. The van der Waals surface area contributed by atoms with Gasteiger partial charge in [-0.25, -0.2) is 9.18 Å². The topological polar surface area (TPSA) is 44.8 Å². The second kappa shape index (κ2) is 6.72. The molecule has 1 aromatic carbocycles. The molecule has 0 fully saturated rings. The van der Waals surface area contributed by atoms with Gasteiger partial charge in [0, 0.05) is 0 Å². The predicted octanol–water partition coefficient (Wildman–Crippen LogP) is 2.82. The van der Waals surface area contributed by atoms with Gasteiger partial charge < -0.3 is 14.2 Å². The highest BCUT2D eigenvalue weighted by Crippen LogP contribution is 2.30. The fraction of sp³-hybridized carbons (Fsp3) is 0.308. The molecular formula is C13H14F2O4. The number of methoxy groups -OCH3 is 1. The highest BCUT2D eigenvalue weighted by atomic mass is 19.1. The smallest absolute Gasteiger partial charge is 0.334 e. The number of halogens is 2. The average Bonchev–Trinajstić information content (AvgIpc) is 2.35. The zero-order valence-corrected chi connectivity index (χ0v) is 10.8. The first-order chi connectivity index (χ1) is 8.99. The van der Waals surface area contributed by atoms with E-state index in [0.717, 1.165) is 18.2 Å². The van der Waals surface area contributed by atoms with Crippen molar-refractivity contribution in [1.29, 1.82) is 0 Å². The van der Waals surface area contributed by atoms with Crippen molar-refractivity contribution in [3.63, 3.8) is 0 Å². The van der Waals surface area contributed by atoms with Crippen LogP contribution in [0.25, 0.3) is 0 Å². The molecule has 0 spiro atoms. The Hall–Kier alpha value is -2.11. The van der Waals surface area contributed by atoms with Crippen LogP contribution in [0.3, 0.4) is 0 Å². The molecule has 1 rings (SSSR count). The van der Waals surface area contributed by atoms with E-state index < -0.39 is 23.4 Å². The molecule has 0 N–H and O–H groups in total. The number of carbonyl (C=O) groups excluding carboxylic acids is 1. The normalized spacial score (nSPS) is 11.1. The minimum atomic E-state index is -0.973. The molecule has 0 aliphatic rings. The van der Waals surface area contributed by atoms with E-state index in [9.17, 15) is 13.6 Å². The van der Waals surface area contributed by atoms with Crippen molar-refractivity contribution in [2.45, 2.75) is 13.8 Å². The Labute approximate surface area is 109 Å². The first-order valence-corrected chi connectivity index (χ1v) is 5.54. The molecule has 0 aliphatic carbocycles. The van der Waals surface area contributed by atoms with Crippen molar-refractivity contribution in [3.05, 3.63) is 35.6 Å². The van der Waals surface area contributed by atoms with Gasteiger partial charge in [-0.15, -0.1) is 0 Å². The Bertz CT molecular complexity index is 498. The maximum atomic E-state index is 13.7. The number of carbonyl (C=O) groups is 1. The number of hydrogen-bond acceptors (Lipinski definition) is 4. The van der Waals surface area contributed by atoms with Crippen molar-refractivity contribution >= 4 is 5.97 Å². The van der Waals surface area contributed by atoms with Gasteiger partial charge in [0.05, 0.1) is 19.8 Å². The SMILES string of the molecule is CCOC(=O)C=C(C)Oc1c(F)ccc(OC)c1F. The fourth-order valence-electron chi connectivity index (χ4n) is 1.31. The predicted molar refractivity (Wildman–Crippen MR) is 63.9 cm³/mol. The van der Waals surface area contributed by atoms with Crippen LogP contribution in [0.2, 0.25) is 0 Å². The van der Waals surface area contributed by atoms with Gasteiger partial charge in [0.15, 0.2) is 11.6 Å². The summed E-state index contributed by atoms with van der Waals surface area (Å²) in [6.07, 6.45) is 1.00. The van der Waals surface area contributed by atoms with Crippen LogP contribution in [-0.4, -0.2) is 19.7 Å². The largest absolute Gasteiger partial charge is 0.494 e. The van der Waals surface area contributed by atoms with Gasteiger partial charge in [-0.1, -0.05) is 0 Å². The molecule has 0 atom stereocenters. The third-order valence-corrected chi connectivity index (χ3v) is 2.10. The summed E-state index contributed by atoms with van der Waals surface area (Å²) < 4.78 is 41.5. The lowest BCUT2D eigenvalue weighted by Gasteiger charge is -2.10. The minimum absolute atomic E-state index is 0.00417. The summed E-state index contributed by atoms with van der Waals surface area (Å²) in [6.45, 7) is 3.23. The van der Waals surface area contributed by atoms with E-state index in [4.69, 9.17) is 9.47 Å². The standard InChI is InChI=1S/C13H14F2O4/c1-4-18-11(16)7-8(2)19-13-9(14)5-6-10(17-3)12(13)15/h5-7H,4H2,1-3H3. The number of benzene rings is 1. The summed E-state index contributed by atoms with van der Waals surface area (Å²) >= 11 is 0. The first kappa shape index (κ1) is 14.9. The van der Waals surface area contributed by atoms with Crippen molar-refractivity contribution in [2.24, 2.45) is 0 Å². The summed E-state index contributed by atoms with van der Waals surface area (Å²) in [5.41, 5.74) is 0. The number of ether oxygens (including phenoxy) is 3. The fourth-order valence-corrected chi connectivity index (χ4v) is 1.31. The van der Waals surface area contributed by atoms with Gasteiger partial charge in [0.2, 0.25) is 11.6 Å². The summed E-state index contributed by atoms with van der Waals surface area (Å²) in [5.74, 6) is -3.29. The van der Waals surface area contributed by atoms with E-state index in [1.807, 2.05) is 0 Å². The molecule has 0 aromatic heterocycles. The number of rotatable bonds is 5. The molecule has 0 saturated heterocycles. The molecule has 0 bridgehead atoms. The van der Waals surface area contributed by atoms with E-state index in [0.29, 0.717) is 0 Å². The van der Waals surface area contributed by atoms with Crippen molar-refractivity contribution in [1.82, 2.24) is 0 Å². The Morgan fingerprint density at radius 1 is 1.37 bits per heavy atom. The lowest BCUT2D eigenvalue weighted by atomic mass is 10.3. The molecule has 6 heteroatoms. The first-order valence-electron chi connectivity index (χ1n) is 5.54. The maximum absolute atomic E-state index is 13.7. The minimum Gasteiger partial charge on any atom is -0.494 e. The molecule has 1 aromatic rings. The van der Waals surface area contributed by atoms with Crippen molar-refractivity contribution in [3.8, 4) is 11.5 Å². The molecular weight excluding hydrogens is 258 g/mol. The summed E-state index contributed by atoms with van der Waals surface area (Å²) in [5, 5.41) is 0. The molecule has 0 heterocycles. The van der Waals surface area contributed by atoms with Crippen LogP contribution in [0.4, 0.5) is 8.78 Å². The van der Waals surface area contributed by atoms with E-state index >= 15 is 0 Å². The third kappa shape index (κ3) is 3.94.